The van der Waals surface area contributed by atoms with E-state index >= 15 is 0 Å². The number of hydrogen-bond donors (Lipinski definition) is 2. The number of anilines is 1. The summed E-state index contributed by atoms with van der Waals surface area (Å²) in [5.74, 6) is 1.60. The van der Waals surface area contributed by atoms with Gasteiger partial charge in [-0.25, -0.2) is 0 Å². The Kier molecular flexibility index (Phi) is 3.46. The molecule has 0 radical (unpaired) electrons. The molecule has 0 saturated carbocycles. The van der Waals surface area contributed by atoms with Crippen molar-refractivity contribution in [2.75, 3.05) is 11.9 Å². The van der Waals surface area contributed by atoms with Crippen molar-refractivity contribution in [2.24, 2.45) is 0 Å². The maximum atomic E-state index is 12.6. The summed E-state index contributed by atoms with van der Waals surface area (Å²) in [7, 11) is 0. The number of carbonyl (C=O) groups is 1. The molecule has 23 heavy (non-hydrogen) atoms. The maximum absolute atomic E-state index is 12.6. The third kappa shape index (κ3) is 2.46. The van der Waals surface area contributed by atoms with Crippen molar-refractivity contribution in [3.8, 4) is 0 Å². The Morgan fingerprint density at radius 2 is 2.17 bits per heavy atom. The maximum Gasteiger partial charge on any atom is 0.256 e. The average molecular weight is 331 g/mol. The van der Waals surface area contributed by atoms with E-state index in [1.54, 1.807) is 11.3 Å². The molecule has 0 saturated heterocycles. The third-order valence-electron chi connectivity index (χ3n) is 4.64. The molecule has 5 nitrogen and oxygen atoms in total. The molecule has 6 heteroatoms. The van der Waals surface area contributed by atoms with E-state index in [-0.39, 0.29) is 12.1 Å². The second kappa shape index (κ2) is 5.39. The minimum absolute atomic E-state index is 0.00769. The molecule has 0 aliphatic carbocycles. The van der Waals surface area contributed by atoms with Gasteiger partial charge in [-0.15, -0.1) is 11.3 Å². The monoisotopic (exact) mass is 331 g/mol. The van der Waals surface area contributed by atoms with Crippen LogP contribution < -0.4 is 10.6 Å². The summed E-state index contributed by atoms with van der Waals surface area (Å²) in [4.78, 5) is 16.4. The molecule has 2 aromatic rings. The highest BCUT2D eigenvalue weighted by Gasteiger charge is 2.34. The minimum atomic E-state index is -0.287. The molecule has 4 rings (SSSR count). The lowest BCUT2D eigenvalue weighted by atomic mass is 10.0. The van der Waals surface area contributed by atoms with Crippen molar-refractivity contribution >= 4 is 22.2 Å². The molecular formula is C17H21N3O2S. The van der Waals surface area contributed by atoms with Crippen molar-refractivity contribution in [3.05, 3.63) is 39.7 Å². The van der Waals surface area contributed by atoms with E-state index in [4.69, 9.17) is 4.42 Å². The zero-order chi connectivity index (χ0) is 16.1. The van der Waals surface area contributed by atoms with Crippen LogP contribution in [0.5, 0.6) is 0 Å². The van der Waals surface area contributed by atoms with Gasteiger partial charge in [0.15, 0.2) is 6.17 Å². The van der Waals surface area contributed by atoms with E-state index < -0.39 is 0 Å². The average Bonchev–Trinajstić information content (AvgIpc) is 3.09. The van der Waals surface area contributed by atoms with Crippen LogP contribution >= 0.6 is 11.3 Å². The van der Waals surface area contributed by atoms with E-state index in [9.17, 15) is 4.79 Å². The van der Waals surface area contributed by atoms with Gasteiger partial charge in [0.2, 0.25) is 0 Å². The van der Waals surface area contributed by atoms with Crippen LogP contribution in [0.15, 0.2) is 16.5 Å². The lowest BCUT2D eigenvalue weighted by Crippen LogP contribution is -2.39. The Labute approximate surface area is 139 Å². The number of amides is 1. The van der Waals surface area contributed by atoms with Crippen LogP contribution in [0.1, 0.15) is 52.3 Å². The second-order valence-corrected chi connectivity index (χ2v) is 7.63. The van der Waals surface area contributed by atoms with Crippen LogP contribution in [0.3, 0.4) is 0 Å². The van der Waals surface area contributed by atoms with Gasteiger partial charge in [-0.2, -0.15) is 0 Å². The summed E-state index contributed by atoms with van der Waals surface area (Å²) in [6.45, 7) is 8.30. The van der Waals surface area contributed by atoms with E-state index in [0.717, 1.165) is 41.6 Å². The summed E-state index contributed by atoms with van der Waals surface area (Å²) < 4.78 is 5.66. The third-order valence-corrected chi connectivity index (χ3v) is 5.79. The van der Waals surface area contributed by atoms with Crippen molar-refractivity contribution in [2.45, 2.75) is 45.9 Å². The quantitative estimate of drug-likeness (QED) is 0.887. The van der Waals surface area contributed by atoms with Crippen LogP contribution in [-0.4, -0.2) is 23.4 Å². The van der Waals surface area contributed by atoms with Gasteiger partial charge < -0.3 is 15.1 Å². The lowest BCUT2D eigenvalue weighted by molar-refractivity contribution is 0.0929. The Morgan fingerprint density at radius 3 is 2.87 bits per heavy atom. The van der Waals surface area contributed by atoms with Gasteiger partial charge in [-0.3, -0.25) is 9.69 Å². The van der Waals surface area contributed by atoms with Gasteiger partial charge in [0.1, 0.15) is 16.5 Å². The summed E-state index contributed by atoms with van der Waals surface area (Å²) in [5, 5.41) is 7.43. The minimum Gasteiger partial charge on any atom is -0.462 e. The molecule has 2 aliphatic rings. The summed E-state index contributed by atoms with van der Waals surface area (Å²) in [6.07, 6.45) is 0.656. The molecule has 2 N–H and O–H groups in total. The van der Waals surface area contributed by atoms with Gasteiger partial charge in [-0.1, -0.05) is 0 Å². The van der Waals surface area contributed by atoms with Gasteiger partial charge in [0.05, 0.1) is 5.56 Å². The zero-order valence-corrected chi connectivity index (χ0v) is 14.4. The first kappa shape index (κ1) is 14.8. The topological polar surface area (TPSA) is 57.5 Å². The van der Waals surface area contributed by atoms with Gasteiger partial charge >= 0.3 is 0 Å². The van der Waals surface area contributed by atoms with Gasteiger partial charge in [0, 0.05) is 24.0 Å². The highest BCUT2D eigenvalue weighted by molar-refractivity contribution is 7.16. The molecule has 4 heterocycles. The standard InChI is InChI=1S/C17H21N3O2S/c1-9(2)20-7-6-11-13(8-20)23-17-14(11)16(21)18-15(19-17)12-5-4-10(3)22-12/h4-5,9,15,19H,6-8H2,1-3H3,(H,18,21)/t15-/m1/s1. The normalized spacial score (nSPS) is 20.9. The summed E-state index contributed by atoms with van der Waals surface area (Å²) in [5.41, 5.74) is 2.06. The van der Waals surface area contributed by atoms with Crippen LogP contribution in [-0.2, 0) is 13.0 Å². The Bertz CT molecular complexity index is 762. The van der Waals surface area contributed by atoms with Crippen molar-refractivity contribution in [1.29, 1.82) is 0 Å². The smallest absolute Gasteiger partial charge is 0.256 e. The van der Waals surface area contributed by atoms with E-state index in [1.807, 2.05) is 19.1 Å². The Balaban J connectivity index is 1.66. The highest BCUT2D eigenvalue weighted by atomic mass is 32.1. The molecule has 0 unspecified atom stereocenters. The van der Waals surface area contributed by atoms with Crippen LogP contribution in [0.4, 0.5) is 5.00 Å². The Hall–Kier alpha value is -1.79. The Morgan fingerprint density at radius 1 is 1.35 bits per heavy atom. The first-order valence-corrected chi connectivity index (χ1v) is 8.87. The molecule has 1 atom stereocenters. The number of thiophene rings is 1. The van der Waals surface area contributed by atoms with Crippen LogP contribution in [0.25, 0.3) is 0 Å². The number of rotatable bonds is 2. The molecule has 0 aromatic carbocycles. The number of furan rings is 1. The largest absolute Gasteiger partial charge is 0.462 e. The number of carbonyl (C=O) groups excluding carboxylic acids is 1. The van der Waals surface area contributed by atoms with Crippen molar-refractivity contribution in [3.63, 3.8) is 0 Å². The number of nitrogens with one attached hydrogen (secondary N) is 2. The number of nitrogens with zero attached hydrogens (tertiary/aromatic N) is 1. The highest BCUT2D eigenvalue weighted by Crippen LogP contribution is 2.41. The molecule has 1 amide bonds. The molecular weight excluding hydrogens is 310 g/mol. The van der Waals surface area contributed by atoms with E-state index in [2.05, 4.69) is 29.4 Å². The van der Waals surface area contributed by atoms with Gasteiger partial charge in [-0.05, 0) is 44.9 Å². The summed E-state index contributed by atoms with van der Waals surface area (Å²) >= 11 is 1.71. The SMILES string of the molecule is Cc1ccc([C@@H]2NC(=O)c3c(sc4c3CCN(C(C)C)C4)N2)o1. The first-order chi connectivity index (χ1) is 11.0. The molecule has 2 aliphatic heterocycles. The fourth-order valence-electron chi connectivity index (χ4n) is 3.33. The van der Waals surface area contributed by atoms with E-state index in [0.29, 0.717) is 6.04 Å². The van der Waals surface area contributed by atoms with Crippen molar-refractivity contribution < 1.29 is 9.21 Å². The van der Waals surface area contributed by atoms with Crippen LogP contribution in [0.2, 0.25) is 0 Å². The predicted molar refractivity (Wildman–Crippen MR) is 90.8 cm³/mol. The van der Waals surface area contributed by atoms with E-state index in [1.165, 1.54) is 10.4 Å². The number of aryl methyl sites for hydroxylation is 1. The fraction of sp³-hybridized carbons (Fsp3) is 0.471. The summed E-state index contributed by atoms with van der Waals surface area (Å²) in [6, 6.07) is 4.35. The van der Waals surface area contributed by atoms with Crippen LogP contribution in [0, 0.1) is 6.92 Å². The molecule has 0 fully saturated rings. The first-order valence-electron chi connectivity index (χ1n) is 8.05. The van der Waals surface area contributed by atoms with Crippen molar-refractivity contribution in [1.82, 2.24) is 10.2 Å². The fourth-order valence-corrected chi connectivity index (χ4v) is 4.63. The lowest BCUT2D eigenvalue weighted by Gasteiger charge is -2.30. The zero-order valence-electron chi connectivity index (χ0n) is 13.6. The molecule has 122 valence electrons. The second-order valence-electron chi connectivity index (χ2n) is 6.52. The number of hydrogen-bond acceptors (Lipinski definition) is 5. The molecule has 0 spiro atoms. The molecule has 2 aromatic heterocycles. The van der Waals surface area contributed by atoms with Gasteiger partial charge in [0.25, 0.3) is 5.91 Å². The molecule has 0 bridgehead atoms. The predicted octanol–water partition coefficient (Wildman–Crippen LogP) is 3.27. The number of fused-ring (bicyclic) bond motifs is 3.